The number of hydrogen-bond donors (Lipinski definition) is 2. The molecule has 2 unspecified atom stereocenters. The molecule has 1 rings (SSSR count). The van der Waals surface area contributed by atoms with E-state index in [-0.39, 0.29) is 6.54 Å². The number of carbonyl (C=O) groups is 1. The molecule has 0 amide bonds. The number of hydrogen-bond acceptors (Lipinski definition) is 2. The van der Waals surface area contributed by atoms with Gasteiger partial charge in [0.05, 0.1) is 5.92 Å². The summed E-state index contributed by atoms with van der Waals surface area (Å²) in [5.41, 5.74) is 8.13. The highest BCUT2D eigenvalue weighted by Crippen LogP contribution is 2.18. The number of rotatable bonds is 8. The third-order valence-corrected chi connectivity index (χ3v) is 3.57. The second kappa shape index (κ2) is 7.95. The molecule has 0 aliphatic carbocycles. The zero-order valence-electron chi connectivity index (χ0n) is 11.9. The zero-order chi connectivity index (χ0) is 14.3. The predicted molar refractivity (Wildman–Crippen MR) is 78.1 cm³/mol. The van der Waals surface area contributed by atoms with Gasteiger partial charge in [-0.25, -0.2) is 0 Å². The van der Waals surface area contributed by atoms with Crippen molar-refractivity contribution < 1.29 is 9.90 Å². The first-order chi connectivity index (χ1) is 9.02. The molecular weight excluding hydrogens is 238 g/mol. The Hall–Kier alpha value is -1.35. The van der Waals surface area contributed by atoms with Crippen molar-refractivity contribution in [2.24, 2.45) is 17.6 Å². The molecule has 3 nitrogen and oxygen atoms in total. The normalized spacial score (nSPS) is 14.1. The third-order valence-electron chi connectivity index (χ3n) is 3.57. The van der Waals surface area contributed by atoms with E-state index in [9.17, 15) is 4.79 Å². The van der Waals surface area contributed by atoms with E-state index >= 15 is 0 Å². The van der Waals surface area contributed by atoms with Gasteiger partial charge in [-0.05, 0) is 37.7 Å². The van der Waals surface area contributed by atoms with Gasteiger partial charge >= 0.3 is 5.97 Å². The Balaban J connectivity index is 2.30. The maximum atomic E-state index is 10.9. The molecule has 0 saturated carbocycles. The van der Waals surface area contributed by atoms with E-state index in [2.05, 4.69) is 38.1 Å². The molecular formula is C16H25NO2. The van der Waals surface area contributed by atoms with Crippen LogP contribution in [0.15, 0.2) is 24.3 Å². The first-order valence-corrected chi connectivity index (χ1v) is 7.01. The van der Waals surface area contributed by atoms with Crippen LogP contribution in [0.4, 0.5) is 0 Å². The van der Waals surface area contributed by atoms with Gasteiger partial charge in [0.15, 0.2) is 0 Å². The predicted octanol–water partition coefficient (Wildman–Crippen LogP) is 3.00. The Morgan fingerprint density at radius 3 is 2.74 bits per heavy atom. The molecule has 0 spiro atoms. The molecule has 2 atom stereocenters. The van der Waals surface area contributed by atoms with Crippen molar-refractivity contribution in [1.29, 1.82) is 0 Å². The zero-order valence-corrected chi connectivity index (χ0v) is 11.9. The number of aliphatic carboxylic acids is 1. The van der Waals surface area contributed by atoms with Gasteiger partial charge in [0.2, 0.25) is 0 Å². The van der Waals surface area contributed by atoms with Crippen LogP contribution < -0.4 is 5.73 Å². The van der Waals surface area contributed by atoms with Gasteiger partial charge < -0.3 is 10.8 Å². The Kier molecular flexibility index (Phi) is 6.57. The molecule has 1 aromatic rings. The van der Waals surface area contributed by atoms with Crippen LogP contribution >= 0.6 is 0 Å². The summed E-state index contributed by atoms with van der Waals surface area (Å²) in [6.07, 6.45) is 3.89. The molecule has 3 heteroatoms. The van der Waals surface area contributed by atoms with Gasteiger partial charge in [0, 0.05) is 6.54 Å². The second-order valence-electron chi connectivity index (χ2n) is 5.49. The minimum absolute atomic E-state index is 0.234. The fourth-order valence-corrected chi connectivity index (χ4v) is 2.42. The number of aryl methyl sites for hydroxylation is 2. The van der Waals surface area contributed by atoms with Crippen molar-refractivity contribution >= 4 is 5.97 Å². The Morgan fingerprint density at radius 2 is 2.16 bits per heavy atom. The lowest BCUT2D eigenvalue weighted by atomic mass is 9.91. The van der Waals surface area contributed by atoms with E-state index in [1.165, 1.54) is 11.1 Å². The van der Waals surface area contributed by atoms with Crippen molar-refractivity contribution in [3.63, 3.8) is 0 Å². The van der Waals surface area contributed by atoms with Crippen molar-refractivity contribution in [3.8, 4) is 0 Å². The van der Waals surface area contributed by atoms with E-state index in [0.29, 0.717) is 12.3 Å². The van der Waals surface area contributed by atoms with Crippen LogP contribution in [0.2, 0.25) is 0 Å². The maximum Gasteiger partial charge on any atom is 0.307 e. The van der Waals surface area contributed by atoms with E-state index in [0.717, 1.165) is 19.3 Å². The van der Waals surface area contributed by atoms with Crippen LogP contribution in [0, 0.1) is 18.8 Å². The molecule has 0 aliphatic rings. The van der Waals surface area contributed by atoms with Crippen LogP contribution in [0.25, 0.3) is 0 Å². The van der Waals surface area contributed by atoms with Crippen molar-refractivity contribution in [2.45, 2.75) is 39.5 Å². The van der Waals surface area contributed by atoms with Crippen LogP contribution in [-0.4, -0.2) is 17.6 Å². The summed E-state index contributed by atoms with van der Waals surface area (Å²) in [6.45, 7) is 4.45. The second-order valence-corrected chi connectivity index (χ2v) is 5.49. The highest BCUT2D eigenvalue weighted by atomic mass is 16.4. The SMILES string of the molecule is Cc1cccc(CCCC(C)CC(CN)C(=O)O)c1. The first kappa shape index (κ1) is 15.7. The molecule has 1 aromatic carbocycles. The van der Waals surface area contributed by atoms with E-state index in [1.54, 1.807) is 0 Å². The van der Waals surface area contributed by atoms with Crippen LogP contribution in [-0.2, 0) is 11.2 Å². The minimum atomic E-state index is -0.770. The van der Waals surface area contributed by atoms with E-state index in [4.69, 9.17) is 10.8 Å². The minimum Gasteiger partial charge on any atom is -0.481 e. The lowest BCUT2D eigenvalue weighted by molar-refractivity contribution is -0.141. The summed E-state index contributed by atoms with van der Waals surface area (Å²) >= 11 is 0. The first-order valence-electron chi connectivity index (χ1n) is 7.01. The van der Waals surface area contributed by atoms with Crippen molar-refractivity contribution in [2.75, 3.05) is 6.54 Å². The number of benzene rings is 1. The standard InChI is InChI=1S/C16H25NO2/c1-12-5-3-7-14(9-12)8-4-6-13(2)10-15(11-17)16(18)19/h3,5,7,9,13,15H,4,6,8,10-11,17H2,1-2H3,(H,18,19). The van der Waals surface area contributed by atoms with Crippen LogP contribution in [0.5, 0.6) is 0 Å². The average Bonchev–Trinajstić information content (AvgIpc) is 2.35. The molecule has 19 heavy (non-hydrogen) atoms. The molecule has 0 heterocycles. The average molecular weight is 263 g/mol. The van der Waals surface area contributed by atoms with Gasteiger partial charge in [-0.1, -0.05) is 43.2 Å². The fraction of sp³-hybridized carbons (Fsp3) is 0.562. The number of carboxylic acids is 1. The highest BCUT2D eigenvalue weighted by Gasteiger charge is 2.18. The summed E-state index contributed by atoms with van der Waals surface area (Å²) < 4.78 is 0. The Bertz CT molecular complexity index is 403. The van der Waals surface area contributed by atoms with Gasteiger partial charge in [-0.2, -0.15) is 0 Å². The topological polar surface area (TPSA) is 63.3 Å². The fourth-order valence-electron chi connectivity index (χ4n) is 2.42. The quantitative estimate of drug-likeness (QED) is 0.758. The Labute approximate surface area is 115 Å². The third kappa shape index (κ3) is 5.88. The highest BCUT2D eigenvalue weighted by molar-refractivity contribution is 5.70. The van der Waals surface area contributed by atoms with Crippen molar-refractivity contribution in [1.82, 2.24) is 0 Å². The lowest BCUT2D eigenvalue weighted by Crippen LogP contribution is -2.25. The molecule has 106 valence electrons. The van der Waals surface area contributed by atoms with Gasteiger partial charge in [-0.3, -0.25) is 4.79 Å². The van der Waals surface area contributed by atoms with E-state index in [1.807, 2.05) is 0 Å². The van der Waals surface area contributed by atoms with Gasteiger partial charge in [0.25, 0.3) is 0 Å². The van der Waals surface area contributed by atoms with E-state index < -0.39 is 11.9 Å². The van der Waals surface area contributed by atoms with Gasteiger partial charge in [-0.15, -0.1) is 0 Å². The smallest absolute Gasteiger partial charge is 0.307 e. The number of carboxylic acid groups (broad SMARTS) is 1. The molecule has 0 aliphatic heterocycles. The van der Waals surface area contributed by atoms with Crippen LogP contribution in [0.1, 0.15) is 37.3 Å². The molecule has 0 aromatic heterocycles. The molecule has 3 N–H and O–H groups in total. The van der Waals surface area contributed by atoms with Crippen LogP contribution in [0.3, 0.4) is 0 Å². The summed E-state index contributed by atoms with van der Waals surface area (Å²) in [5.74, 6) is -0.753. The molecule has 0 saturated heterocycles. The molecule has 0 fully saturated rings. The summed E-state index contributed by atoms with van der Waals surface area (Å²) in [6, 6.07) is 8.55. The molecule has 0 radical (unpaired) electrons. The summed E-state index contributed by atoms with van der Waals surface area (Å²) in [7, 11) is 0. The Morgan fingerprint density at radius 1 is 1.42 bits per heavy atom. The lowest BCUT2D eigenvalue weighted by Gasteiger charge is -2.16. The summed E-state index contributed by atoms with van der Waals surface area (Å²) in [5, 5.41) is 8.98. The van der Waals surface area contributed by atoms with Crippen molar-refractivity contribution in [3.05, 3.63) is 35.4 Å². The maximum absolute atomic E-state index is 10.9. The monoisotopic (exact) mass is 263 g/mol. The number of nitrogens with two attached hydrogens (primary N) is 1. The summed E-state index contributed by atoms with van der Waals surface area (Å²) in [4.78, 5) is 10.9. The largest absolute Gasteiger partial charge is 0.481 e. The van der Waals surface area contributed by atoms with Gasteiger partial charge in [0.1, 0.15) is 0 Å². The molecule has 0 bridgehead atoms.